The largest absolute Gasteiger partial charge is 0.366 e. The second-order valence-electron chi connectivity index (χ2n) is 5.60. The molecule has 20 heavy (non-hydrogen) atoms. The van der Waals surface area contributed by atoms with Crippen molar-refractivity contribution in [3.05, 3.63) is 29.3 Å². The smallest absolute Gasteiger partial charge is 0.251 e. The molecule has 2 aromatic rings. The fourth-order valence-electron chi connectivity index (χ4n) is 2.92. The number of likely N-dealkylation sites (tertiary alicyclic amines) is 1. The second-order valence-corrected chi connectivity index (χ2v) is 5.60. The summed E-state index contributed by atoms with van der Waals surface area (Å²) in [6, 6.07) is 2.48. The van der Waals surface area contributed by atoms with Gasteiger partial charge in [-0.15, -0.1) is 0 Å². The van der Waals surface area contributed by atoms with Gasteiger partial charge in [0.15, 0.2) is 0 Å². The Labute approximate surface area is 116 Å². The van der Waals surface area contributed by atoms with Crippen LogP contribution in [-0.2, 0) is 5.54 Å². The monoisotopic (exact) mass is 276 g/mol. The Balaban J connectivity index is 2.20. The fraction of sp³-hybridized carbons (Fsp3) is 0.429. The summed E-state index contributed by atoms with van der Waals surface area (Å²) in [5.74, 6) is -0.412. The SMILES string of the molecule is CN1CCC[C@]1(C)c1nc2c(C(N)=O)cc(F)cc2[nH]1. The predicted octanol–water partition coefficient (Wildman–Crippen LogP) is 1.74. The quantitative estimate of drug-likeness (QED) is 0.877. The van der Waals surface area contributed by atoms with Gasteiger partial charge in [-0.3, -0.25) is 9.69 Å². The van der Waals surface area contributed by atoms with E-state index in [1.165, 1.54) is 6.07 Å². The van der Waals surface area contributed by atoms with Crippen molar-refractivity contribution < 1.29 is 9.18 Å². The number of H-pyrrole nitrogens is 1. The molecule has 0 unspecified atom stereocenters. The number of hydrogen-bond acceptors (Lipinski definition) is 3. The Hall–Kier alpha value is -1.95. The summed E-state index contributed by atoms with van der Waals surface area (Å²) in [5.41, 5.74) is 6.15. The molecule has 3 N–H and O–H groups in total. The van der Waals surface area contributed by atoms with Gasteiger partial charge < -0.3 is 10.7 Å². The average Bonchev–Trinajstić information content (AvgIpc) is 2.94. The van der Waals surface area contributed by atoms with E-state index in [0.717, 1.165) is 31.3 Å². The molecule has 1 amide bonds. The Morgan fingerprint density at radius 3 is 2.90 bits per heavy atom. The molecule has 0 radical (unpaired) electrons. The first-order valence-electron chi connectivity index (χ1n) is 6.62. The van der Waals surface area contributed by atoms with E-state index in [9.17, 15) is 9.18 Å². The number of halogens is 1. The number of rotatable bonds is 2. The zero-order chi connectivity index (χ0) is 14.5. The van der Waals surface area contributed by atoms with Crippen molar-refractivity contribution in [2.75, 3.05) is 13.6 Å². The van der Waals surface area contributed by atoms with E-state index in [2.05, 4.69) is 21.8 Å². The molecule has 1 aliphatic heterocycles. The molecular formula is C14H17FN4O. The van der Waals surface area contributed by atoms with Crippen molar-refractivity contribution in [3.63, 3.8) is 0 Å². The maximum absolute atomic E-state index is 13.6. The molecule has 6 heteroatoms. The number of carbonyl (C=O) groups excluding carboxylic acids is 1. The minimum Gasteiger partial charge on any atom is -0.366 e. The second kappa shape index (κ2) is 4.28. The maximum atomic E-state index is 13.6. The molecule has 1 fully saturated rings. The number of hydrogen-bond donors (Lipinski definition) is 2. The van der Waals surface area contributed by atoms with Gasteiger partial charge in [-0.2, -0.15) is 0 Å². The highest BCUT2D eigenvalue weighted by Crippen LogP contribution is 2.36. The van der Waals surface area contributed by atoms with E-state index >= 15 is 0 Å². The molecule has 0 aliphatic carbocycles. The third-order valence-corrected chi connectivity index (χ3v) is 4.33. The Bertz CT molecular complexity index is 696. The van der Waals surface area contributed by atoms with Gasteiger partial charge in [0, 0.05) is 0 Å². The Morgan fingerprint density at radius 2 is 2.30 bits per heavy atom. The van der Waals surface area contributed by atoms with Crippen molar-refractivity contribution in [2.45, 2.75) is 25.3 Å². The van der Waals surface area contributed by atoms with Gasteiger partial charge >= 0.3 is 0 Å². The summed E-state index contributed by atoms with van der Waals surface area (Å²) in [5, 5.41) is 0. The number of primary amides is 1. The lowest BCUT2D eigenvalue weighted by molar-refractivity contribution is 0.100. The fourth-order valence-corrected chi connectivity index (χ4v) is 2.92. The standard InChI is InChI=1S/C14H17FN4O/c1-14(4-3-5-19(14)2)13-17-10-7-8(15)6-9(12(16)20)11(10)18-13/h6-7H,3-5H2,1-2H3,(H2,16,20)(H,17,18)/t14-/m1/s1. The number of amides is 1. The number of nitrogens with two attached hydrogens (primary N) is 1. The summed E-state index contributed by atoms with van der Waals surface area (Å²) in [6.45, 7) is 3.09. The van der Waals surface area contributed by atoms with E-state index in [4.69, 9.17) is 5.73 Å². The minimum absolute atomic E-state index is 0.117. The molecule has 1 aromatic carbocycles. The number of benzene rings is 1. The van der Waals surface area contributed by atoms with Crippen LogP contribution in [-0.4, -0.2) is 34.4 Å². The number of carbonyl (C=O) groups is 1. The molecule has 0 spiro atoms. The van der Waals surface area contributed by atoms with E-state index < -0.39 is 11.7 Å². The lowest BCUT2D eigenvalue weighted by atomic mass is 9.98. The maximum Gasteiger partial charge on any atom is 0.251 e. The van der Waals surface area contributed by atoms with Gasteiger partial charge in [0.25, 0.3) is 5.91 Å². The van der Waals surface area contributed by atoms with E-state index in [1.54, 1.807) is 0 Å². The van der Waals surface area contributed by atoms with Crippen LogP contribution >= 0.6 is 0 Å². The first-order chi connectivity index (χ1) is 9.41. The van der Waals surface area contributed by atoms with Crippen LogP contribution in [0.25, 0.3) is 11.0 Å². The molecule has 106 valence electrons. The number of aromatic nitrogens is 2. The average molecular weight is 276 g/mol. The Kier molecular flexibility index (Phi) is 2.79. The molecule has 1 aliphatic rings. The van der Waals surface area contributed by atoms with Crippen LogP contribution in [0.2, 0.25) is 0 Å². The third kappa shape index (κ3) is 1.79. The highest BCUT2D eigenvalue weighted by Gasteiger charge is 2.38. The normalized spacial score (nSPS) is 23.6. The van der Waals surface area contributed by atoms with Gasteiger partial charge in [0.05, 0.1) is 16.6 Å². The summed E-state index contributed by atoms with van der Waals surface area (Å²) in [6.07, 6.45) is 2.05. The molecular weight excluding hydrogens is 259 g/mol. The minimum atomic E-state index is -0.669. The summed E-state index contributed by atoms with van der Waals surface area (Å²) >= 11 is 0. The molecule has 0 bridgehead atoms. The topological polar surface area (TPSA) is 75.0 Å². The van der Waals surface area contributed by atoms with Crippen LogP contribution in [0.4, 0.5) is 4.39 Å². The molecule has 1 atom stereocenters. The molecule has 1 saturated heterocycles. The van der Waals surface area contributed by atoms with Crippen molar-refractivity contribution >= 4 is 16.9 Å². The van der Waals surface area contributed by atoms with Gasteiger partial charge in [0.2, 0.25) is 0 Å². The number of aromatic amines is 1. The zero-order valence-corrected chi connectivity index (χ0v) is 11.5. The van der Waals surface area contributed by atoms with Crippen LogP contribution in [0.1, 0.15) is 35.9 Å². The highest BCUT2D eigenvalue weighted by molar-refractivity contribution is 6.04. The lowest BCUT2D eigenvalue weighted by Gasteiger charge is -2.29. The van der Waals surface area contributed by atoms with Crippen LogP contribution in [0.5, 0.6) is 0 Å². The van der Waals surface area contributed by atoms with Crippen LogP contribution < -0.4 is 5.73 Å². The van der Waals surface area contributed by atoms with Crippen LogP contribution in [0.15, 0.2) is 12.1 Å². The number of imidazole rings is 1. The predicted molar refractivity (Wildman–Crippen MR) is 73.8 cm³/mol. The summed E-state index contributed by atoms with van der Waals surface area (Å²) < 4.78 is 13.6. The van der Waals surface area contributed by atoms with Gasteiger partial charge in [-0.25, -0.2) is 9.37 Å². The first kappa shape index (κ1) is 13.1. The molecule has 1 aromatic heterocycles. The first-order valence-corrected chi connectivity index (χ1v) is 6.62. The van der Waals surface area contributed by atoms with Crippen molar-refractivity contribution in [1.29, 1.82) is 0 Å². The van der Waals surface area contributed by atoms with Crippen LogP contribution in [0, 0.1) is 5.82 Å². The van der Waals surface area contributed by atoms with Crippen molar-refractivity contribution in [1.82, 2.24) is 14.9 Å². The van der Waals surface area contributed by atoms with Crippen molar-refractivity contribution in [2.24, 2.45) is 5.73 Å². The van der Waals surface area contributed by atoms with Crippen molar-refractivity contribution in [3.8, 4) is 0 Å². The van der Waals surface area contributed by atoms with E-state index in [0.29, 0.717) is 11.0 Å². The summed E-state index contributed by atoms with van der Waals surface area (Å²) in [7, 11) is 2.04. The third-order valence-electron chi connectivity index (χ3n) is 4.33. The number of fused-ring (bicyclic) bond motifs is 1. The Morgan fingerprint density at radius 1 is 1.55 bits per heavy atom. The van der Waals surface area contributed by atoms with Gasteiger partial charge in [-0.05, 0) is 45.5 Å². The summed E-state index contributed by atoms with van der Waals surface area (Å²) in [4.78, 5) is 21.3. The van der Waals surface area contributed by atoms with Gasteiger partial charge in [-0.1, -0.05) is 0 Å². The number of nitrogens with zero attached hydrogens (tertiary/aromatic N) is 2. The molecule has 0 saturated carbocycles. The molecule has 5 nitrogen and oxygen atoms in total. The molecule has 2 heterocycles. The lowest BCUT2D eigenvalue weighted by Crippen LogP contribution is -2.36. The number of nitrogens with one attached hydrogen (secondary N) is 1. The molecule has 3 rings (SSSR count). The van der Waals surface area contributed by atoms with E-state index in [-0.39, 0.29) is 11.1 Å². The highest BCUT2D eigenvalue weighted by atomic mass is 19.1. The van der Waals surface area contributed by atoms with E-state index in [1.807, 2.05) is 7.05 Å². The van der Waals surface area contributed by atoms with Crippen LogP contribution in [0.3, 0.4) is 0 Å². The zero-order valence-electron chi connectivity index (χ0n) is 11.5. The van der Waals surface area contributed by atoms with Gasteiger partial charge in [0.1, 0.15) is 17.2 Å².